The molecule has 1 heterocycles. The molecule has 264 valence electrons. The average Bonchev–Trinajstić information content (AvgIpc) is 3.44. The summed E-state index contributed by atoms with van der Waals surface area (Å²) in [5, 5.41) is 3.53. The van der Waals surface area contributed by atoms with E-state index in [1.807, 2.05) is 45.0 Å². The SMILES string of the molecule is CCCCc1nc2ccc(NCCCCCS(=O)(=O)c3ccc(OC)cc3)cc2n1Cc1ccc(-c2ccccc2C(=O)OC(C)(C)C)cc1. The molecule has 0 spiro atoms. The van der Waals surface area contributed by atoms with Crippen molar-refractivity contribution >= 4 is 32.5 Å². The number of unbranched alkanes of at least 4 members (excludes halogenated alkanes) is 3. The zero-order valence-corrected chi connectivity index (χ0v) is 30.7. The van der Waals surface area contributed by atoms with Gasteiger partial charge < -0.3 is 19.4 Å². The second kappa shape index (κ2) is 16.4. The Morgan fingerprint density at radius 1 is 0.880 bits per heavy atom. The Morgan fingerprint density at radius 2 is 1.62 bits per heavy atom. The third-order valence-electron chi connectivity index (χ3n) is 8.57. The smallest absolute Gasteiger partial charge is 0.339 e. The van der Waals surface area contributed by atoms with Crippen molar-refractivity contribution in [2.24, 2.45) is 0 Å². The Kier molecular flexibility index (Phi) is 12.0. The number of carbonyl (C=O) groups excluding carboxylic acids is 1. The number of aryl methyl sites for hydroxylation is 1. The number of sulfone groups is 1. The van der Waals surface area contributed by atoms with Crippen molar-refractivity contribution in [2.45, 2.75) is 83.3 Å². The Hall–Kier alpha value is -4.63. The van der Waals surface area contributed by atoms with Gasteiger partial charge in [-0.3, -0.25) is 0 Å². The normalized spacial score (nSPS) is 11.9. The van der Waals surface area contributed by atoms with Gasteiger partial charge in [-0.25, -0.2) is 18.2 Å². The van der Waals surface area contributed by atoms with Crippen LogP contribution in [0.1, 0.15) is 81.5 Å². The minimum Gasteiger partial charge on any atom is -0.497 e. The van der Waals surface area contributed by atoms with Crippen LogP contribution in [0.3, 0.4) is 0 Å². The summed E-state index contributed by atoms with van der Waals surface area (Å²) in [4.78, 5) is 18.3. The van der Waals surface area contributed by atoms with Crippen molar-refractivity contribution in [2.75, 3.05) is 24.7 Å². The molecular formula is C41H49N3O5S. The van der Waals surface area contributed by atoms with E-state index in [0.717, 1.165) is 77.9 Å². The van der Waals surface area contributed by atoms with Gasteiger partial charge in [-0.05, 0) is 105 Å². The van der Waals surface area contributed by atoms with E-state index < -0.39 is 15.4 Å². The first kappa shape index (κ1) is 36.6. The fraction of sp³-hybridized carbons (Fsp3) is 0.366. The summed E-state index contributed by atoms with van der Waals surface area (Å²) in [6.07, 6.45) is 5.32. The Morgan fingerprint density at radius 3 is 2.32 bits per heavy atom. The minimum absolute atomic E-state index is 0.127. The largest absolute Gasteiger partial charge is 0.497 e. The van der Waals surface area contributed by atoms with Gasteiger partial charge in [0.05, 0.1) is 34.4 Å². The Bertz CT molecular complexity index is 1990. The van der Waals surface area contributed by atoms with Crippen molar-refractivity contribution in [1.29, 1.82) is 0 Å². The number of esters is 1. The van der Waals surface area contributed by atoms with Crippen LogP contribution in [0.4, 0.5) is 5.69 Å². The molecule has 0 bridgehead atoms. The molecule has 5 aromatic rings. The molecule has 4 aromatic carbocycles. The van der Waals surface area contributed by atoms with E-state index >= 15 is 0 Å². The molecule has 0 saturated heterocycles. The molecule has 5 rings (SSSR count). The molecular weight excluding hydrogens is 647 g/mol. The van der Waals surface area contributed by atoms with E-state index in [4.69, 9.17) is 14.5 Å². The number of nitrogens with zero attached hydrogens (tertiary/aromatic N) is 2. The van der Waals surface area contributed by atoms with E-state index in [2.05, 4.69) is 59.3 Å². The van der Waals surface area contributed by atoms with Crippen LogP contribution in [0.2, 0.25) is 0 Å². The lowest BCUT2D eigenvalue weighted by Crippen LogP contribution is -2.24. The van der Waals surface area contributed by atoms with Crippen LogP contribution < -0.4 is 10.1 Å². The lowest BCUT2D eigenvalue weighted by atomic mass is 9.98. The number of benzene rings is 4. The molecule has 0 aliphatic carbocycles. The van der Waals surface area contributed by atoms with E-state index in [0.29, 0.717) is 29.2 Å². The van der Waals surface area contributed by atoms with E-state index in [-0.39, 0.29) is 11.7 Å². The molecule has 0 aliphatic heterocycles. The number of rotatable bonds is 16. The second-order valence-electron chi connectivity index (χ2n) is 13.6. The summed E-state index contributed by atoms with van der Waals surface area (Å²) in [5.74, 6) is 1.51. The molecule has 0 saturated carbocycles. The Balaban J connectivity index is 1.24. The van der Waals surface area contributed by atoms with Crippen molar-refractivity contribution in [3.05, 3.63) is 108 Å². The maximum atomic E-state index is 13.0. The number of fused-ring (bicyclic) bond motifs is 1. The number of methoxy groups -OCH3 is 1. The highest BCUT2D eigenvalue weighted by Crippen LogP contribution is 2.28. The van der Waals surface area contributed by atoms with Gasteiger partial charge in [-0.1, -0.05) is 62.2 Å². The third kappa shape index (κ3) is 9.53. The number of nitrogens with one attached hydrogen (secondary N) is 1. The van der Waals surface area contributed by atoms with E-state index in [9.17, 15) is 13.2 Å². The quantitative estimate of drug-likeness (QED) is 0.0812. The van der Waals surface area contributed by atoms with Gasteiger partial charge in [-0.2, -0.15) is 0 Å². The zero-order valence-electron chi connectivity index (χ0n) is 29.9. The highest BCUT2D eigenvalue weighted by atomic mass is 32.2. The average molecular weight is 696 g/mol. The van der Waals surface area contributed by atoms with E-state index in [1.54, 1.807) is 31.4 Å². The van der Waals surface area contributed by atoms with Crippen LogP contribution in [0.25, 0.3) is 22.2 Å². The highest BCUT2D eigenvalue weighted by molar-refractivity contribution is 7.91. The van der Waals surface area contributed by atoms with Gasteiger partial charge >= 0.3 is 5.97 Å². The molecule has 1 aromatic heterocycles. The molecule has 9 heteroatoms. The van der Waals surface area contributed by atoms with Gasteiger partial charge in [0.15, 0.2) is 9.84 Å². The minimum atomic E-state index is -3.32. The molecule has 1 N–H and O–H groups in total. The Labute approximate surface area is 296 Å². The standard InChI is InChI=1S/C41H49N3O5S/c1-6-7-15-39-43-37-25-20-32(42-26-11-8-12-27-50(46,47)34-23-21-33(48-5)22-24-34)28-38(37)44(39)29-30-16-18-31(19-17-30)35-13-9-10-14-36(35)40(45)49-41(2,3)4/h9-10,13-14,16-25,28,42H,6-8,11-12,15,26-27,29H2,1-5H3. The lowest BCUT2D eigenvalue weighted by molar-refractivity contribution is 0.00704. The fourth-order valence-corrected chi connectivity index (χ4v) is 7.30. The van der Waals surface area contributed by atoms with Gasteiger partial charge in [0, 0.05) is 25.2 Å². The topological polar surface area (TPSA) is 99.5 Å². The zero-order chi connectivity index (χ0) is 35.7. The highest BCUT2D eigenvalue weighted by Gasteiger charge is 2.21. The molecule has 0 aliphatic rings. The third-order valence-corrected chi connectivity index (χ3v) is 10.4. The number of carbonyl (C=O) groups is 1. The van der Waals surface area contributed by atoms with Gasteiger partial charge in [0.25, 0.3) is 0 Å². The van der Waals surface area contributed by atoms with Crippen LogP contribution in [0.5, 0.6) is 5.75 Å². The number of hydrogen-bond donors (Lipinski definition) is 1. The van der Waals surface area contributed by atoms with Gasteiger partial charge in [0.2, 0.25) is 0 Å². The first-order chi connectivity index (χ1) is 24.0. The second-order valence-corrected chi connectivity index (χ2v) is 15.8. The monoisotopic (exact) mass is 695 g/mol. The molecule has 0 fully saturated rings. The first-order valence-corrected chi connectivity index (χ1v) is 19.1. The summed E-state index contributed by atoms with van der Waals surface area (Å²) < 4.78 is 38.6. The molecule has 0 atom stereocenters. The number of ether oxygens (including phenoxy) is 2. The molecule has 8 nitrogen and oxygen atoms in total. The van der Waals surface area contributed by atoms with Crippen molar-refractivity contribution in [1.82, 2.24) is 9.55 Å². The van der Waals surface area contributed by atoms with Crippen LogP contribution in [0, 0.1) is 0 Å². The first-order valence-electron chi connectivity index (χ1n) is 17.5. The van der Waals surface area contributed by atoms with Gasteiger partial charge in [0.1, 0.15) is 17.2 Å². The summed E-state index contributed by atoms with van der Waals surface area (Å²) in [6, 6.07) is 28.8. The summed E-state index contributed by atoms with van der Waals surface area (Å²) in [7, 11) is -1.75. The molecule has 0 amide bonds. The number of imidazole rings is 1. The van der Waals surface area contributed by atoms with Crippen LogP contribution in [-0.4, -0.2) is 48.9 Å². The van der Waals surface area contributed by atoms with Gasteiger partial charge in [-0.15, -0.1) is 0 Å². The van der Waals surface area contributed by atoms with Crippen molar-refractivity contribution in [3.8, 4) is 16.9 Å². The summed E-state index contributed by atoms with van der Waals surface area (Å²) in [5.41, 5.74) is 5.98. The van der Waals surface area contributed by atoms with Crippen LogP contribution in [-0.2, 0) is 27.5 Å². The maximum Gasteiger partial charge on any atom is 0.339 e. The van der Waals surface area contributed by atoms with Crippen LogP contribution in [0.15, 0.2) is 95.9 Å². The molecule has 0 radical (unpaired) electrons. The predicted molar refractivity (Wildman–Crippen MR) is 202 cm³/mol. The lowest BCUT2D eigenvalue weighted by Gasteiger charge is -2.20. The number of hydrogen-bond acceptors (Lipinski definition) is 7. The maximum absolute atomic E-state index is 13.0. The fourth-order valence-electron chi connectivity index (χ4n) is 5.93. The molecule has 50 heavy (non-hydrogen) atoms. The van der Waals surface area contributed by atoms with Crippen molar-refractivity contribution < 1.29 is 22.7 Å². The number of aromatic nitrogens is 2. The summed E-state index contributed by atoms with van der Waals surface area (Å²) in [6.45, 7) is 9.24. The van der Waals surface area contributed by atoms with E-state index in [1.165, 1.54) is 0 Å². The number of anilines is 1. The molecule has 0 unspecified atom stereocenters. The summed E-state index contributed by atoms with van der Waals surface area (Å²) >= 11 is 0. The van der Waals surface area contributed by atoms with Crippen molar-refractivity contribution in [3.63, 3.8) is 0 Å². The van der Waals surface area contributed by atoms with Crippen LogP contribution >= 0.6 is 0 Å². The predicted octanol–water partition coefficient (Wildman–Crippen LogP) is 9.11.